The molecule has 1 fully saturated rings. The minimum Gasteiger partial charge on any atom is -0.508 e. The zero-order chi connectivity index (χ0) is 15.4. The van der Waals surface area contributed by atoms with Crippen molar-refractivity contribution in [2.75, 3.05) is 11.4 Å². The lowest BCUT2D eigenvalue weighted by molar-refractivity contribution is -0.141. The van der Waals surface area contributed by atoms with Crippen molar-refractivity contribution in [1.29, 1.82) is 0 Å². The van der Waals surface area contributed by atoms with Gasteiger partial charge in [-0.2, -0.15) is 0 Å². The fraction of sp³-hybridized carbons (Fsp3) is 0.467. The minimum absolute atomic E-state index is 0.102. The second-order valence-corrected chi connectivity index (χ2v) is 5.26. The van der Waals surface area contributed by atoms with Crippen molar-refractivity contribution in [3.05, 3.63) is 24.3 Å². The van der Waals surface area contributed by atoms with Crippen LogP contribution in [0.4, 0.5) is 10.5 Å². The van der Waals surface area contributed by atoms with Crippen LogP contribution in [-0.2, 0) is 4.79 Å². The van der Waals surface area contributed by atoms with Crippen LogP contribution in [0.5, 0.6) is 5.75 Å². The molecule has 0 radical (unpaired) electrons. The van der Waals surface area contributed by atoms with E-state index in [0.29, 0.717) is 31.5 Å². The monoisotopic (exact) mass is 292 g/mol. The SMILES string of the molecule is CCN(C(=O)NC1CCC(C(=O)O)C1)c1cccc(O)c1. The van der Waals surface area contributed by atoms with E-state index in [2.05, 4.69) is 5.32 Å². The van der Waals surface area contributed by atoms with E-state index in [1.165, 1.54) is 11.0 Å². The third-order valence-electron chi connectivity index (χ3n) is 3.81. The van der Waals surface area contributed by atoms with Crippen LogP contribution in [0.2, 0.25) is 0 Å². The molecule has 114 valence electrons. The van der Waals surface area contributed by atoms with Gasteiger partial charge < -0.3 is 15.5 Å². The molecular weight excluding hydrogens is 272 g/mol. The lowest BCUT2D eigenvalue weighted by atomic mass is 10.1. The molecule has 2 rings (SSSR count). The van der Waals surface area contributed by atoms with Crippen LogP contribution in [0.3, 0.4) is 0 Å². The number of phenolic OH excluding ortho intramolecular Hbond substituents is 1. The van der Waals surface area contributed by atoms with Crippen molar-refractivity contribution in [3.63, 3.8) is 0 Å². The largest absolute Gasteiger partial charge is 0.508 e. The normalized spacial score (nSPS) is 21.0. The summed E-state index contributed by atoms with van der Waals surface area (Å²) in [6.45, 7) is 2.31. The van der Waals surface area contributed by atoms with Crippen molar-refractivity contribution in [3.8, 4) is 5.75 Å². The van der Waals surface area contributed by atoms with Gasteiger partial charge >= 0.3 is 12.0 Å². The number of aliphatic carboxylic acids is 1. The number of amides is 2. The summed E-state index contributed by atoms with van der Waals surface area (Å²) in [7, 11) is 0. The maximum Gasteiger partial charge on any atom is 0.322 e. The zero-order valence-corrected chi connectivity index (χ0v) is 12.0. The quantitative estimate of drug-likeness (QED) is 0.793. The summed E-state index contributed by atoms with van der Waals surface area (Å²) in [5, 5.41) is 21.3. The molecule has 0 aromatic heterocycles. The molecule has 1 saturated carbocycles. The highest BCUT2D eigenvalue weighted by molar-refractivity contribution is 5.92. The van der Waals surface area contributed by atoms with Crippen molar-refractivity contribution < 1.29 is 19.8 Å². The number of anilines is 1. The fourth-order valence-corrected chi connectivity index (χ4v) is 2.69. The second kappa shape index (κ2) is 6.47. The van der Waals surface area contributed by atoms with Crippen molar-refractivity contribution in [2.24, 2.45) is 5.92 Å². The summed E-state index contributed by atoms with van der Waals surface area (Å²) in [6.07, 6.45) is 1.75. The van der Waals surface area contributed by atoms with E-state index >= 15 is 0 Å². The Morgan fingerprint density at radius 3 is 2.71 bits per heavy atom. The van der Waals surface area contributed by atoms with Crippen LogP contribution in [0, 0.1) is 5.92 Å². The number of hydrogen-bond acceptors (Lipinski definition) is 3. The Morgan fingerprint density at radius 2 is 2.14 bits per heavy atom. The summed E-state index contributed by atoms with van der Waals surface area (Å²) in [5.41, 5.74) is 0.614. The van der Waals surface area contributed by atoms with Gasteiger partial charge in [0.1, 0.15) is 5.75 Å². The number of nitrogens with zero attached hydrogens (tertiary/aromatic N) is 1. The molecule has 1 aliphatic rings. The molecule has 1 aliphatic carbocycles. The molecule has 0 aliphatic heterocycles. The molecule has 1 aromatic rings. The molecule has 0 heterocycles. The number of nitrogens with one attached hydrogen (secondary N) is 1. The highest BCUT2D eigenvalue weighted by Crippen LogP contribution is 2.26. The Balaban J connectivity index is 2.00. The van der Waals surface area contributed by atoms with Gasteiger partial charge in [0.2, 0.25) is 0 Å². The number of hydrogen-bond donors (Lipinski definition) is 3. The Morgan fingerprint density at radius 1 is 1.38 bits per heavy atom. The number of carboxylic acids is 1. The van der Waals surface area contributed by atoms with E-state index in [9.17, 15) is 14.7 Å². The van der Waals surface area contributed by atoms with Crippen LogP contribution in [0.15, 0.2) is 24.3 Å². The first kappa shape index (κ1) is 15.2. The van der Waals surface area contributed by atoms with E-state index in [-0.39, 0.29) is 23.7 Å². The molecule has 2 amide bonds. The van der Waals surface area contributed by atoms with Gasteiger partial charge in [0.15, 0.2) is 0 Å². The first-order valence-electron chi connectivity index (χ1n) is 7.11. The Labute approximate surface area is 123 Å². The van der Waals surface area contributed by atoms with Gasteiger partial charge in [-0.1, -0.05) is 6.07 Å². The van der Waals surface area contributed by atoms with Gasteiger partial charge in [0, 0.05) is 24.3 Å². The maximum absolute atomic E-state index is 12.3. The standard InChI is InChI=1S/C15H20N2O4/c1-2-17(12-4-3-5-13(18)9-12)15(21)16-11-7-6-10(8-11)14(19)20/h3-5,9-11,18H,2,6-8H2,1H3,(H,16,21)(H,19,20). The van der Waals surface area contributed by atoms with E-state index in [4.69, 9.17) is 5.11 Å². The van der Waals surface area contributed by atoms with E-state index in [1.54, 1.807) is 18.2 Å². The first-order chi connectivity index (χ1) is 10.0. The van der Waals surface area contributed by atoms with Gasteiger partial charge in [-0.05, 0) is 38.3 Å². The number of rotatable bonds is 4. The number of urea groups is 1. The van der Waals surface area contributed by atoms with Crippen LogP contribution in [0.1, 0.15) is 26.2 Å². The third-order valence-corrected chi connectivity index (χ3v) is 3.81. The predicted octanol–water partition coefficient (Wildman–Crippen LogP) is 2.18. The molecule has 0 spiro atoms. The molecule has 0 saturated heterocycles. The molecular formula is C15H20N2O4. The fourth-order valence-electron chi connectivity index (χ4n) is 2.69. The summed E-state index contributed by atoms with van der Waals surface area (Å²) in [6, 6.07) is 6.12. The highest BCUT2D eigenvalue weighted by atomic mass is 16.4. The van der Waals surface area contributed by atoms with E-state index in [1.807, 2.05) is 6.92 Å². The molecule has 2 unspecified atom stereocenters. The molecule has 0 bridgehead atoms. The Hall–Kier alpha value is -2.24. The minimum atomic E-state index is -0.799. The average Bonchev–Trinajstić information content (AvgIpc) is 2.88. The number of phenols is 1. The second-order valence-electron chi connectivity index (χ2n) is 5.26. The third kappa shape index (κ3) is 3.65. The molecule has 6 heteroatoms. The van der Waals surface area contributed by atoms with Gasteiger partial charge in [0.05, 0.1) is 5.92 Å². The van der Waals surface area contributed by atoms with E-state index < -0.39 is 5.97 Å². The highest BCUT2D eigenvalue weighted by Gasteiger charge is 2.31. The summed E-state index contributed by atoms with van der Waals surface area (Å²) in [5.74, 6) is -1.07. The summed E-state index contributed by atoms with van der Waals surface area (Å²) < 4.78 is 0. The van der Waals surface area contributed by atoms with Crippen molar-refractivity contribution in [1.82, 2.24) is 5.32 Å². The predicted molar refractivity (Wildman–Crippen MR) is 78.4 cm³/mol. The molecule has 6 nitrogen and oxygen atoms in total. The van der Waals surface area contributed by atoms with Gasteiger partial charge in [-0.25, -0.2) is 4.79 Å². The molecule has 21 heavy (non-hydrogen) atoms. The number of carboxylic acid groups (broad SMARTS) is 1. The Kier molecular flexibility index (Phi) is 4.67. The zero-order valence-electron chi connectivity index (χ0n) is 12.0. The van der Waals surface area contributed by atoms with Crippen molar-refractivity contribution in [2.45, 2.75) is 32.2 Å². The molecule has 3 N–H and O–H groups in total. The lowest BCUT2D eigenvalue weighted by Gasteiger charge is -2.24. The van der Waals surface area contributed by atoms with Gasteiger partial charge in [0.25, 0.3) is 0 Å². The van der Waals surface area contributed by atoms with Crippen LogP contribution in [0.25, 0.3) is 0 Å². The molecule has 1 aromatic carbocycles. The smallest absolute Gasteiger partial charge is 0.322 e. The first-order valence-corrected chi connectivity index (χ1v) is 7.11. The number of benzene rings is 1. The van der Waals surface area contributed by atoms with Crippen LogP contribution in [-0.4, -0.2) is 34.8 Å². The molecule has 2 atom stereocenters. The topological polar surface area (TPSA) is 89.9 Å². The summed E-state index contributed by atoms with van der Waals surface area (Å²) >= 11 is 0. The van der Waals surface area contributed by atoms with Crippen LogP contribution < -0.4 is 10.2 Å². The summed E-state index contributed by atoms with van der Waals surface area (Å²) in [4.78, 5) is 24.8. The van der Waals surface area contributed by atoms with Crippen molar-refractivity contribution >= 4 is 17.7 Å². The van der Waals surface area contributed by atoms with Crippen LogP contribution >= 0.6 is 0 Å². The lowest BCUT2D eigenvalue weighted by Crippen LogP contribution is -2.44. The number of carbonyl (C=O) groups is 2. The van der Waals surface area contributed by atoms with Gasteiger partial charge in [-0.3, -0.25) is 9.69 Å². The Bertz CT molecular complexity index is 532. The van der Waals surface area contributed by atoms with Gasteiger partial charge in [-0.15, -0.1) is 0 Å². The maximum atomic E-state index is 12.3. The van der Waals surface area contributed by atoms with E-state index in [0.717, 1.165) is 0 Å². The number of aromatic hydroxyl groups is 1. The number of carbonyl (C=O) groups excluding carboxylic acids is 1. The average molecular weight is 292 g/mol.